The highest BCUT2D eigenvalue weighted by molar-refractivity contribution is 5.84. The molecule has 0 bridgehead atoms. The Labute approximate surface area is 193 Å². The van der Waals surface area contributed by atoms with Crippen molar-refractivity contribution < 1.29 is 24.2 Å². The molecule has 174 valence electrons. The van der Waals surface area contributed by atoms with Crippen LogP contribution < -0.4 is 10.6 Å². The van der Waals surface area contributed by atoms with E-state index in [2.05, 4.69) is 34.9 Å². The van der Waals surface area contributed by atoms with Gasteiger partial charge < -0.3 is 20.5 Å². The third-order valence-electron chi connectivity index (χ3n) is 6.83. The van der Waals surface area contributed by atoms with Crippen LogP contribution in [0.4, 0.5) is 4.79 Å². The molecule has 1 atom stereocenters. The molecule has 0 radical (unpaired) electrons. The van der Waals surface area contributed by atoms with Crippen LogP contribution in [0.5, 0.6) is 0 Å². The van der Waals surface area contributed by atoms with Gasteiger partial charge in [0.15, 0.2) is 0 Å². The summed E-state index contributed by atoms with van der Waals surface area (Å²) in [5, 5.41) is 14.4. The van der Waals surface area contributed by atoms with Gasteiger partial charge in [0.25, 0.3) is 0 Å². The number of ether oxygens (including phenoxy) is 1. The van der Waals surface area contributed by atoms with Gasteiger partial charge in [-0.3, -0.25) is 9.59 Å². The molecule has 0 unspecified atom stereocenters. The maximum absolute atomic E-state index is 12.4. The molecule has 0 aromatic heterocycles. The number of alkyl carbamates (subject to hydrolysis) is 1. The summed E-state index contributed by atoms with van der Waals surface area (Å²) < 4.78 is 5.59. The van der Waals surface area contributed by atoms with Crippen molar-refractivity contribution in [3.63, 3.8) is 0 Å². The van der Waals surface area contributed by atoms with Gasteiger partial charge >= 0.3 is 12.1 Å². The van der Waals surface area contributed by atoms with Gasteiger partial charge in [-0.15, -0.1) is 0 Å². The molecule has 3 N–H and O–H groups in total. The first-order valence-electron chi connectivity index (χ1n) is 11.6. The SMILES string of the molecule is C[C@@H](NC(=O)C1CCC(CNC(=O)OCC2c3ccccc3-c3ccccc32)CC1)C(=O)O. The summed E-state index contributed by atoms with van der Waals surface area (Å²) in [6, 6.07) is 15.6. The number of amides is 2. The monoisotopic (exact) mass is 450 g/mol. The Morgan fingerprint density at radius 2 is 1.55 bits per heavy atom. The van der Waals surface area contributed by atoms with E-state index in [9.17, 15) is 14.4 Å². The maximum Gasteiger partial charge on any atom is 0.407 e. The van der Waals surface area contributed by atoms with Crippen LogP contribution in [-0.4, -0.2) is 42.3 Å². The number of fused-ring (bicyclic) bond motifs is 3. The smallest absolute Gasteiger partial charge is 0.407 e. The number of carbonyl (C=O) groups excluding carboxylic acids is 2. The lowest BCUT2D eigenvalue weighted by Gasteiger charge is -2.28. The van der Waals surface area contributed by atoms with Crippen LogP contribution in [-0.2, 0) is 14.3 Å². The van der Waals surface area contributed by atoms with E-state index in [0.29, 0.717) is 19.4 Å². The Hall–Kier alpha value is -3.35. The first-order valence-corrected chi connectivity index (χ1v) is 11.6. The average Bonchev–Trinajstić information content (AvgIpc) is 3.15. The highest BCUT2D eigenvalue weighted by atomic mass is 16.5. The summed E-state index contributed by atoms with van der Waals surface area (Å²) >= 11 is 0. The lowest BCUT2D eigenvalue weighted by atomic mass is 9.81. The minimum absolute atomic E-state index is 0.0327. The normalized spacial score (nSPS) is 20.3. The first kappa shape index (κ1) is 22.8. The summed E-state index contributed by atoms with van der Waals surface area (Å²) in [6.45, 7) is 2.26. The van der Waals surface area contributed by atoms with Gasteiger partial charge in [-0.25, -0.2) is 4.79 Å². The summed E-state index contributed by atoms with van der Waals surface area (Å²) in [6.07, 6.45) is 2.57. The number of nitrogens with one attached hydrogen (secondary N) is 2. The second-order valence-electron chi connectivity index (χ2n) is 8.99. The Morgan fingerprint density at radius 1 is 0.970 bits per heavy atom. The highest BCUT2D eigenvalue weighted by Gasteiger charge is 2.30. The fraction of sp³-hybridized carbons (Fsp3) is 0.423. The van der Waals surface area contributed by atoms with Crippen LogP contribution in [0.25, 0.3) is 11.1 Å². The number of hydrogen-bond acceptors (Lipinski definition) is 4. The number of carboxylic acids is 1. The predicted octanol–water partition coefficient (Wildman–Crippen LogP) is 3.92. The molecule has 7 heteroatoms. The van der Waals surface area contributed by atoms with Gasteiger partial charge in [-0.2, -0.15) is 0 Å². The van der Waals surface area contributed by atoms with Crippen molar-refractivity contribution in [1.82, 2.24) is 10.6 Å². The fourth-order valence-corrected chi connectivity index (χ4v) is 4.90. The van der Waals surface area contributed by atoms with Crippen molar-refractivity contribution in [2.24, 2.45) is 11.8 Å². The molecule has 2 aromatic carbocycles. The van der Waals surface area contributed by atoms with Gasteiger partial charge in [0.2, 0.25) is 5.91 Å². The Kier molecular flexibility index (Phi) is 6.96. The molecule has 0 saturated heterocycles. The van der Waals surface area contributed by atoms with Crippen LogP contribution in [0.2, 0.25) is 0 Å². The van der Waals surface area contributed by atoms with Crippen LogP contribution in [0, 0.1) is 11.8 Å². The maximum atomic E-state index is 12.4. The van der Waals surface area contributed by atoms with Crippen molar-refractivity contribution in [3.05, 3.63) is 59.7 Å². The highest BCUT2D eigenvalue weighted by Crippen LogP contribution is 2.44. The van der Waals surface area contributed by atoms with Crippen LogP contribution in [0.1, 0.15) is 49.7 Å². The average molecular weight is 451 g/mol. The first-order chi connectivity index (χ1) is 15.9. The number of carbonyl (C=O) groups is 3. The quantitative estimate of drug-likeness (QED) is 0.593. The second kappa shape index (κ2) is 10.1. The van der Waals surface area contributed by atoms with E-state index < -0.39 is 18.1 Å². The van der Waals surface area contributed by atoms with E-state index in [-0.39, 0.29) is 30.3 Å². The molecule has 0 aliphatic heterocycles. The van der Waals surface area contributed by atoms with E-state index in [1.165, 1.54) is 29.2 Å². The molecule has 2 aliphatic carbocycles. The number of hydrogen-bond donors (Lipinski definition) is 3. The van der Waals surface area contributed by atoms with Crippen molar-refractivity contribution in [1.29, 1.82) is 0 Å². The second-order valence-corrected chi connectivity index (χ2v) is 8.99. The molecule has 0 heterocycles. The third-order valence-corrected chi connectivity index (χ3v) is 6.83. The molecule has 4 rings (SSSR count). The number of carboxylic acid groups (broad SMARTS) is 1. The molecule has 2 amide bonds. The van der Waals surface area contributed by atoms with Gasteiger partial charge in [0, 0.05) is 18.4 Å². The van der Waals surface area contributed by atoms with Gasteiger partial charge in [0.1, 0.15) is 12.6 Å². The lowest BCUT2D eigenvalue weighted by molar-refractivity contribution is -0.142. The summed E-state index contributed by atoms with van der Waals surface area (Å²) in [5.74, 6) is -1.09. The van der Waals surface area contributed by atoms with Gasteiger partial charge in [0.05, 0.1) is 0 Å². The van der Waals surface area contributed by atoms with Crippen LogP contribution in [0.15, 0.2) is 48.5 Å². The van der Waals surface area contributed by atoms with Crippen LogP contribution in [0.3, 0.4) is 0 Å². The molecule has 2 aliphatic rings. The Bertz CT molecular complexity index is 983. The lowest BCUT2D eigenvalue weighted by Crippen LogP contribution is -2.43. The van der Waals surface area contributed by atoms with E-state index in [1.54, 1.807) is 0 Å². The molecule has 2 aromatic rings. The molecular formula is C26H30N2O5. The van der Waals surface area contributed by atoms with E-state index >= 15 is 0 Å². The van der Waals surface area contributed by atoms with Crippen molar-refractivity contribution in [2.45, 2.75) is 44.6 Å². The summed E-state index contributed by atoms with van der Waals surface area (Å²) in [4.78, 5) is 35.5. The molecular weight excluding hydrogens is 420 g/mol. The molecule has 1 fully saturated rings. The van der Waals surface area contributed by atoms with E-state index in [1.807, 2.05) is 24.3 Å². The Morgan fingerprint density at radius 3 is 2.12 bits per heavy atom. The zero-order valence-electron chi connectivity index (χ0n) is 18.8. The minimum Gasteiger partial charge on any atom is -0.480 e. The van der Waals surface area contributed by atoms with Gasteiger partial charge in [-0.05, 0) is 60.8 Å². The summed E-state index contributed by atoms with van der Waals surface area (Å²) in [7, 11) is 0. The number of rotatable bonds is 7. The fourth-order valence-electron chi connectivity index (χ4n) is 4.90. The number of aliphatic carboxylic acids is 1. The molecule has 1 saturated carbocycles. The standard InChI is InChI=1S/C26H30N2O5/c1-16(25(30)31)28-24(29)18-12-10-17(11-13-18)14-27-26(32)33-15-23-21-8-4-2-6-19(21)20-7-3-5-9-22(20)23/h2-9,16-18,23H,10-15H2,1H3,(H,27,32)(H,28,29)(H,30,31)/t16-,17?,18?/m1/s1. The van der Waals surface area contributed by atoms with E-state index in [4.69, 9.17) is 9.84 Å². The topological polar surface area (TPSA) is 105 Å². The zero-order valence-corrected chi connectivity index (χ0v) is 18.8. The summed E-state index contributed by atoms with van der Waals surface area (Å²) in [5.41, 5.74) is 4.75. The minimum atomic E-state index is -1.04. The van der Waals surface area contributed by atoms with Gasteiger partial charge in [-0.1, -0.05) is 48.5 Å². The van der Waals surface area contributed by atoms with Crippen molar-refractivity contribution in [2.75, 3.05) is 13.2 Å². The predicted molar refractivity (Wildman–Crippen MR) is 124 cm³/mol. The molecule has 33 heavy (non-hydrogen) atoms. The third kappa shape index (κ3) is 5.18. The molecule has 7 nitrogen and oxygen atoms in total. The van der Waals surface area contributed by atoms with E-state index in [0.717, 1.165) is 12.8 Å². The Balaban J connectivity index is 1.22. The largest absolute Gasteiger partial charge is 0.480 e. The zero-order chi connectivity index (χ0) is 23.4. The van der Waals surface area contributed by atoms with Crippen molar-refractivity contribution >= 4 is 18.0 Å². The molecule has 0 spiro atoms. The van der Waals surface area contributed by atoms with Crippen molar-refractivity contribution in [3.8, 4) is 11.1 Å². The number of benzene rings is 2. The van der Waals surface area contributed by atoms with Crippen LogP contribution >= 0.6 is 0 Å².